The van der Waals surface area contributed by atoms with Crippen LogP contribution < -0.4 is 10.6 Å². The Bertz CT molecular complexity index is 805. The molecule has 0 spiro atoms. The number of hydrogen-bond donors (Lipinski definition) is 2. The number of rotatable bonds is 13. The number of carbonyl (C=O) groups is 1. The normalized spacial score (nSPS) is 18.2. The van der Waals surface area contributed by atoms with Gasteiger partial charge < -0.3 is 28.7 Å². The summed E-state index contributed by atoms with van der Waals surface area (Å²) in [4.78, 5) is 12.8. The van der Waals surface area contributed by atoms with Gasteiger partial charge in [-0.25, -0.2) is 0 Å². The third-order valence-electron chi connectivity index (χ3n) is 4.55. The van der Waals surface area contributed by atoms with E-state index in [-0.39, 0.29) is 31.5 Å². The molecule has 0 aromatic heterocycles. The maximum absolute atomic E-state index is 14.1. The molecule has 1 aliphatic rings. The van der Waals surface area contributed by atoms with Gasteiger partial charge in [-0.3, -0.25) is 13.9 Å². The summed E-state index contributed by atoms with van der Waals surface area (Å²) in [5.74, 6) is -1.39. The molecule has 1 aliphatic heterocycles. The average molecular weight is 492 g/mol. The van der Waals surface area contributed by atoms with Crippen LogP contribution >= 0.6 is 27.4 Å². The van der Waals surface area contributed by atoms with Crippen LogP contribution in [0.3, 0.4) is 0 Å². The Balaban J connectivity index is 2.79. The van der Waals surface area contributed by atoms with Crippen LogP contribution in [-0.2, 0) is 32.0 Å². The SMILES string of the molecule is CCOP(=O)(OCC)C(C(c1ccccc1)C1NC(=S)NC1=O)P(=O)(OCC)OCC. The maximum Gasteiger partial charge on any atom is 0.346 e. The van der Waals surface area contributed by atoms with Crippen molar-refractivity contribution in [3.63, 3.8) is 0 Å². The van der Waals surface area contributed by atoms with Gasteiger partial charge in [0.2, 0.25) is 5.91 Å². The van der Waals surface area contributed by atoms with Crippen LogP contribution in [0.4, 0.5) is 0 Å². The second-order valence-electron chi connectivity index (χ2n) is 6.54. The molecule has 0 bridgehead atoms. The molecular weight excluding hydrogens is 462 g/mol. The highest BCUT2D eigenvalue weighted by Crippen LogP contribution is 2.74. The molecule has 1 aromatic carbocycles. The minimum absolute atomic E-state index is 0.0379. The lowest BCUT2D eigenvalue weighted by atomic mass is 9.93. The number of hydrogen-bond acceptors (Lipinski definition) is 8. The monoisotopic (exact) mass is 492 g/mol. The number of benzene rings is 1. The number of amides is 1. The minimum Gasteiger partial charge on any atom is -0.350 e. The van der Waals surface area contributed by atoms with Gasteiger partial charge >= 0.3 is 15.2 Å². The van der Waals surface area contributed by atoms with Gasteiger partial charge in [-0.1, -0.05) is 30.3 Å². The van der Waals surface area contributed by atoms with Crippen molar-refractivity contribution in [2.75, 3.05) is 26.4 Å². The average Bonchev–Trinajstić information content (AvgIpc) is 3.04. The van der Waals surface area contributed by atoms with E-state index in [4.69, 9.17) is 30.3 Å². The molecule has 1 saturated heterocycles. The molecule has 174 valence electrons. The molecule has 12 heteroatoms. The van der Waals surface area contributed by atoms with E-state index >= 15 is 0 Å². The Hall–Kier alpha value is -1.12. The molecule has 2 rings (SSSR count). The maximum atomic E-state index is 14.1. The number of nitrogens with one attached hydrogen (secondary N) is 2. The molecule has 2 unspecified atom stereocenters. The predicted molar refractivity (Wildman–Crippen MR) is 122 cm³/mol. The van der Waals surface area contributed by atoms with Gasteiger partial charge in [-0.05, 0) is 45.5 Å². The van der Waals surface area contributed by atoms with E-state index in [1.807, 2.05) is 0 Å². The second kappa shape index (κ2) is 11.7. The molecule has 0 radical (unpaired) electrons. The lowest BCUT2D eigenvalue weighted by Gasteiger charge is -2.38. The van der Waals surface area contributed by atoms with E-state index in [1.54, 1.807) is 58.0 Å². The zero-order valence-corrected chi connectivity index (χ0v) is 20.7. The quantitative estimate of drug-likeness (QED) is 0.312. The van der Waals surface area contributed by atoms with Gasteiger partial charge in [-0.15, -0.1) is 0 Å². The Morgan fingerprint density at radius 1 is 0.903 bits per heavy atom. The molecule has 0 aliphatic carbocycles. The highest BCUT2D eigenvalue weighted by atomic mass is 32.1. The molecule has 31 heavy (non-hydrogen) atoms. The van der Waals surface area contributed by atoms with Crippen LogP contribution in [0.15, 0.2) is 30.3 Å². The Kier molecular flexibility index (Phi) is 9.83. The van der Waals surface area contributed by atoms with Crippen molar-refractivity contribution >= 4 is 38.4 Å². The minimum atomic E-state index is -4.11. The van der Waals surface area contributed by atoms with Crippen LogP contribution in [0.25, 0.3) is 0 Å². The van der Waals surface area contributed by atoms with Crippen molar-refractivity contribution in [3.8, 4) is 0 Å². The van der Waals surface area contributed by atoms with Crippen molar-refractivity contribution in [2.45, 2.75) is 45.1 Å². The Morgan fingerprint density at radius 2 is 1.35 bits per heavy atom. The van der Waals surface area contributed by atoms with Gasteiger partial charge in [-0.2, -0.15) is 0 Å². The third-order valence-corrected chi connectivity index (χ3v) is 10.9. The molecule has 2 atom stereocenters. The molecule has 1 heterocycles. The number of thiocarbonyl (C=S) groups is 1. The number of carbonyl (C=O) groups excluding carboxylic acids is 1. The van der Waals surface area contributed by atoms with Crippen LogP contribution in [0, 0.1) is 0 Å². The molecule has 9 nitrogen and oxygen atoms in total. The van der Waals surface area contributed by atoms with E-state index in [2.05, 4.69) is 10.6 Å². The topological polar surface area (TPSA) is 112 Å². The lowest BCUT2D eigenvalue weighted by molar-refractivity contribution is -0.120. The lowest BCUT2D eigenvalue weighted by Crippen LogP contribution is -2.42. The standard InChI is InChI=1S/C19H30N2O7P2S/c1-5-25-29(23,26-6-2)18(30(24,27-7-3)28-8-4)15(14-12-10-9-11-13-14)16-17(22)21-19(31)20-16/h9-13,15-16,18H,5-8H2,1-4H3,(H2,20,21,22,31). The summed E-state index contributed by atoms with van der Waals surface area (Å²) in [6.45, 7) is 6.77. The predicted octanol–water partition coefficient (Wildman–Crippen LogP) is 4.00. The summed E-state index contributed by atoms with van der Waals surface area (Å²) < 4.78 is 50.6. The van der Waals surface area contributed by atoms with Crippen molar-refractivity contribution in [2.24, 2.45) is 0 Å². The van der Waals surface area contributed by atoms with Crippen molar-refractivity contribution in [1.29, 1.82) is 0 Å². The zero-order valence-electron chi connectivity index (χ0n) is 18.1. The second-order valence-corrected chi connectivity index (χ2v) is 11.7. The first-order valence-electron chi connectivity index (χ1n) is 10.2. The first-order valence-corrected chi connectivity index (χ1v) is 13.8. The molecule has 1 amide bonds. The summed E-state index contributed by atoms with van der Waals surface area (Å²) in [6.07, 6.45) is 0. The van der Waals surface area contributed by atoms with E-state index in [0.29, 0.717) is 5.56 Å². The summed E-state index contributed by atoms with van der Waals surface area (Å²) in [7, 11) is -8.21. The first kappa shape index (κ1) is 26.1. The Morgan fingerprint density at radius 3 is 1.71 bits per heavy atom. The highest BCUT2D eigenvalue weighted by Gasteiger charge is 2.59. The van der Waals surface area contributed by atoms with E-state index < -0.39 is 38.5 Å². The highest BCUT2D eigenvalue weighted by molar-refractivity contribution is 7.80. The third kappa shape index (κ3) is 6.02. The smallest absolute Gasteiger partial charge is 0.346 e. The van der Waals surface area contributed by atoms with Gasteiger partial charge in [0.25, 0.3) is 0 Å². The van der Waals surface area contributed by atoms with E-state index in [1.165, 1.54) is 0 Å². The Labute approximate surface area is 188 Å². The summed E-state index contributed by atoms with van der Waals surface area (Å²) in [5.41, 5.74) is 0.587. The van der Waals surface area contributed by atoms with E-state index in [0.717, 1.165) is 0 Å². The zero-order chi connectivity index (χ0) is 23.1. The molecule has 2 N–H and O–H groups in total. The summed E-state index contributed by atoms with van der Waals surface area (Å²) in [6, 6.07) is 7.85. The fraction of sp³-hybridized carbons (Fsp3) is 0.579. The first-order chi connectivity index (χ1) is 14.8. The van der Waals surface area contributed by atoms with Crippen LogP contribution in [0.5, 0.6) is 0 Å². The van der Waals surface area contributed by atoms with Crippen molar-refractivity contribution < 1.29 is 32.0 Å². The van der Waals surface area contributed by atoms with Crippen molar-refractivity contribution in [1.82, 2.24) is 10.6 Å². The fourth-order valence-electron chi connectivity index (χ4n) is 3.56. The molecule has 0 saturated carbocycles. The largest absolute Gasteiger partial charge is 0.350 e. The molecule has 1 aromatic rings. The summed E-state index contributed by atoms with van der Waals surface area (Å²) >= 11 is 5.11. The van der Waals surface area contributed by atoms with Crippen LogP contribution in [-0.4, -0.2) is 48.9 Å². The van der Waals surface area contributed by atoms with E-state index in [9.17, 15) is 13.9 Å². The van der Waals surface area contributed by atoms with Crippen LogP contribution in [0.1, 0.15) is 39.2 Å². The fourth-order valence-corrected chi connectivity index (χ4v) is 9.65. The van der Waals surface area contributed by atoms with Gasteiger partial charge in [0.15, 0.2) is 10.5 Å². The van der Waals surface area contributed by atoms with Crippen molar-refractivity contribution in [3.05, 3.63) is 35.9 Å². The van der Waals surface area contributed by atoms with Crippen LogP contribution in [0.2, 0.25) is 0 Å². The summed E-state index contributed by atoms with van der Waals surface area (Å²) in [5, 5.41) is 4.16. The van der Waals surface area contributed by atoms with Gasteiger partial charge in [0.1, 0.15) is 6.04 Å². The molecule has 1 fully saturated rings. The van der Waals surface area contributed by atoms with Gasteiger partial charge in [0.05, 0.1) is 26.4 Å². The molecular formula is C19H30N2O7P2S. The van der Waals surface area contributed by atoms with Gasteiger partial charge in [0, 0.05) is 5.92 Å².